The molecular formula is C17H28N2O2. The molecule has 0 atom stereocenters. The molecule has 1 rings (SSSR count). The lowest BCUT2D eigenvalue weighted by Gasteiger charge is -2.09. The second-order valence-corrected chi connectivity index (χ2v) is 5.56. The fourth-order valence-corrected chi connectivity index (χ4v) is 2.33. The highest BCUT2D eigenvalue weighted by atomic mass is 16.4. The first kappa shape index (κ1) is 17.5. The van der Waals surface area contributed by atoms with E-state index in [-0.39, 0.29) is 5.56 Å². The standard InChI is InChI=1S/C17H28N2O2/c1-3-4-5-6-7-8-9-10-13-18-16-15(17(20)21)12-11-14(2)19-16/h11-12H,3-10,13H2,1-2H3,(H,18,19)(H,20,21). The van der Waals surface area contributed by atoms with E-state index in [0.717, 1.165) is 18.7 Å². The van der Waals surface area contributed by atoms with E-state index in [2.05, 4.69) is 17.2 Å². The first-order chi connectivity index (χ1) is 10.1. The fourth-order valence-electron chi connectivity index (χ4n) is 2.33. The summed E-state index contributed by atoms with van der Waals surface area (Å²) in [5.74, 6) is -0.439. The van der Waals surface area contributed by atoms with Gasteiger partial charge in [0.1, 0.15) is 11.4 Å². The van der Waals surface area contributed by atoms with Crippen LogP contribution in [0.4, 0.5) is 5.82 Å². The van der Waals surface area contributed by atoms with Crippen molar-refractivity contribution >= 4 is 11.8 Å². The van der Waals surface area contributed by atoms with Crippen LogP contribution >= 0.6 is 0 Å². The van der Waals surface area contributed by atoms with Gasteiger partial charge >= 0.3 is 5.97 Å². The minimum atomic E-state index is -0.930. The fraction of sp³-hybridized carbons (Fsp3) is 0.647. The molecule has 1 aromatic heterocycles. The number of anilines is 1. The van der Waals surface area contributed by atoms with Crippen molar-refractivity contribution in [1.82, 2.24) is 4.98 Å². The first-order valence-electron chi connectivity index (χ1n) is 8.10. The molecule has 118 valence electrons. The number of carbonyl (C=O) groups is 1. The second kappa shape index (κ2) is 10.2. The maximum absolute atomic E-state index is 11.1. The maximum Gasteiger partial charge on any atom is 0.339 e. The Balaban J connectivity index is 2.21. The number of carboxylic acid groups (broad SMARTS) is 1. The highest BCUT2D eigenvalue weighted by Crippen LogP contribution is 2.14. The van der Waals surface area contributed by atoms with Crippen molar-refractivity contribution in [2.45, 2.75) is 65.2 Å². The highest BCUT2D eigenvalue weighted by Gasteiger charge is 2.10. The molecule has 0 aromatic carbocycles. The van der Waals surface area contributed by atoms with E-state index in [0.29, 0.717) is 5.82 Å². The molecule has 0 saturated heterocycles. The zero-order valence-electron chi connectivity index (χ0n) is 13.3. The van der Waals surface area contributed by atoms with Crippen LogP contribution in [0.5, 0.6) is 0 Å². The van der Waals surface area contributed by atoms with Crippen LogP contribution in [0.15, 0.2) is 12.1 Å². The number of nitrogens with one attached hydrogen (secondary N) is 1. The SMILES string of the molecule is CCCCCCCCCCNc1nc(C)ccc1C(=O)O. The molecule has 0 fully saturated rings. The molecule has 0 spiro atoms. The number of aromatic carboxylic acids is 1. The van der Waals surface area contributed by atoms with Gasteiger partial charge in [-0.25, -0.2) is 9.78 Å². The van der Waals surface area contributed by atoms with Crippen LogP contribution in [-0.4, -0.2) is 22.6 Å². The number of aryl methyl sites for hydroxylation is 1. The van der Waals surface area contributed by atoms with Crippen LogP contribution < -0.4 is 5.32 Å². The predicted octanol–water partition coefficient (Wildman–Crippen LogP) is 4.64. The lowest BCUT2D eigenvalue weighted by molar-refractivity contribution is 0.0697. The Kier molecular flexibility index (Phi) is 8.48. The van der Waals surface area contributed by atoms with E-state index in [1.807, 2.05) is 6.92 Å². The third-order valence-corrected chi connectivity index (χ3v) is 3.59. The average molecular weight is 292 g/mol. The molecule has 0 aliphatic carbocycles. The van der Waals surface area contributed by atoms with Gasteiger partial charge in [0.25, 0.3) is 0 Å². The van der Waals surface area contributed by atoms with Crippen LogP contribution in [0.2, 0.25) is 0 Å². The number of hydrogen-bond acceptors (Lipinski definition) is 3. The second-order valence-electron chi connectivity index (χ2n) is 5.56. The predicted molar refractivity (Wildman–Crippen MR) is 87.0 cm³/mol. The number of carboxylic acids is 1. The smallest absolute Gasteiger partial charge is 0.339 e. The minimum absolute atomic E-state index is 0.250. The summed E-state index contributed by atoms with van der Waals surface area (Å²) in [6, 6.07) is 3.34. The van der Waals surface area contributed by atoms with Crippen LogP contribution in [0, 0.1) is 6.92 Å². The largest absolute Gasteiger partial charge is 0.478 e. The summed E-state index contributed by atoms with van der Waals surface area (Å²) in [4.78, 5) is 15.4. The molecule has 0 saturated carbocycles. The van der Waals surface area contributed by atoms with Crippen LogP contribution in [-0.2, 0) is 0 Å². The third kappa shape index (κ3) is 7.11. The van der Waals surface area contributed by atoms with Gasteiger partial charge in [0.15, 0.2) is 0 Å². The molecule has 4 nitrogen and oxygen atoms in total. The van der Waals surface area contributed by atoms with Crippen molar-refractivity contribution in [2.75, 3.05) is 11.9 Å². The summed E-state index contributed by atoms with van der Waals surface area (Å²) < 4.78 is 0. The molecule has 0 aliphatic rings. The summed E-state index contributed by atoms with van der Waals surface area (Å²) in [6.45, 7) is 4.88. The third-order valence-electron chi connectivity index (χ3n) is 3.59. The molecular weight excluding hydrogens is 264 g/mol. The van der Waals surface area contributed by atoms with Gasteiger partial charge in [-0.3, -0.25) is 0 Å². The zero-order valence-corrected chi connectivity index (χ0v) is 13.3. The molecule has 0 bridgehead atoms. The summed E-state index contributed by atoms with van der Waals surface area (Å²) in [5, 5.41) is 12.3. The van der Waals surface area contributed by atoms with Crippen molar-refractivity contribution in [3.05, 3.63) is 23.4 Å². The molecule has 2 N–H and O–H groups in total. The molecule has 21 heavy (non-hydrogen) atoms. The van der Waals surface area contributed by atoms with Crippen LogP contribution in [0.1, 0.15) is 74.3 Å². The van der Waals surface area contributed by atoms with Gasteiger partial charge < -0.3 is 10.4 Å². The Bertz CT molecular complexity index is 433. The van der Waals surface area contributed by atoms with Gasteiger partial charge in [0.05, 0.1) is 0 Å². The van der Waals surface area contributed by atoms with Crippen molar-refractivity contribution < 1.29 is 9.90 Å². The monoisotopic (exact) mass is 292 g/mol. The van der Waals surface area contributed by atoms with E-state index in [1.54, 1.807) is 12.1 Å². The Morgan fingerprint density at radius 3 is 2.33 bits per heavy atom. The van der Waals surface area contributed by atoms with Gasteiger partial charge in [0, 0.05) is 12.2 Å². The van der Waals surface area contributed by atoms with Crippen LogP contribution in [0.25, 0.3) is 0 Å². The Morgan fingerprint density at radius 2 is 1.71 bits per heavy atom. The van der Waals surface area contributed by atoms with E-state index >= 15 is 0 Å². The normalized spacial score (nSPS) is 10.6. The molecule has 1 aromatic rings. The Morgan fingerprint density at radius 1 is 1.10 bits per heavy atom. The minimum Gasteiger partial charge on any atom is -0.478 e. The Hall–Kier alpha value is -1.58. The lowest BCUT2D eigenvalue weighted by atomic mass is 10.1. The van der Waals surface area contributed by atoms with E-state index in [1.165, 1.54) is 44.9 Å². The molecule has 0 aliphatic heterocycles. The summed E-state index contributed by atoms with van der Waals surface area (Å²) in [7, 11) is 0. The number of rotatable bonds is 11. The van der Waals surface area contributed by atoms with Crippen molar-refractivity contribution in [3.8, 4) is 0 Å². The summed E-state index contributed by atoms with van der Waals surface area (Å²) in [5.41, 5.74) is 1.08. The zero-order chi connectivity index (χ0) is 15.5. The van der Waals surface area contributed by atoms with E-state index in [4.69, 9.17) is 5.11 Å². The van der Waals surface area contributed by atoms with Gasteiger partial charge in [-0.2, -0.15) is 0 Å². The van der Waals surface area contributed by atoms with E-state index < -0.39 is 5.97 Å². The van der Waals surface area contributed by atoms with Gasteiger partial charge in [-0.1, -0.05) is 51.9 Å². The molecule has 0 amide bonds. The van der Waals surface area contributed by atoms with Crippen LogP contribution in [0.3, 0.4) is 0 Å². The van der Waals surface area contributed by atoms with Crippen molar-refractivity contribution in [1.29, 1.82) is 0 Å². The van der Waals surface area contributed by atoms with Gasteiger partial charge in [-0.05, 0) is 25.5 Å². The quantitative estimate of drug-likeness (QED) is 0.583. The molecule has 0 unspecified atom stereocenters. The number of pyridine rings is 1. The van der Waals surface area contributed by atoms with Gasteiger partial charge in [-0.15, -0.1) is 0 Å². The maximum atomic E-state index is 11.1. The van der Waals surface area contributed by atoms with Crippen molar-refractivity contribution in [2.24, 2.45) is 0 Å². The molecule has 1 heterocycles. The number of unbranched alkanes of at least 4 members (excludes halogenated alkanes) is 7. The molecule has 0 radical (unpaired) electrons. The number of hydrogen-bond donors (Lipinski definition) is 2. The summed E-state index contributed by atoms with van der Waals surface area (Å²) >= 11 is 0. The average Bonchev–Trinajstić information content (AvgIpc) is 2.45. The highest BCUT2D eigenvalue weighted by molar-refractivity contribution is 5.93. The van der Waals surface area contributed by atoms with Crippen molar-refractivity contribution in [3.63, 3.8) is 0 Å². The van der Waals surface area contributed by atoms with Gasteiger partial charge in [0.2, 0.25) is 0 Å². The topological polar surface area (TPSA) is 62.2 Å². The Labute approximate surface area is 128 Å². The number of nitrogens with zero attached hydrogens (tertiary/aromatic N) is 1. The first-order valence-corrected chi connectivity index (χ1v) is 8.10. The molecule has 4 heteroatoms. The summed E-state index contributed by atoms with van der Waals surface area (Å²) in [6.07, 6.45) is 10.1. The number of aromatic nitrogens is 1. The van der Waals surface area contributed by atoms with E-state index in [9.17, 15) is 4.79 Å². The lowest BCUT2D eigenvalue weighted by Crippen LogP contribution is -2.10.